The Morgan fingerprint density at radius 1 is 1.08 bits per heavy atom. The fourth-order valence-electron chi connectivity index (χ4n) is 7.11. The monoisotopic (exact) mass is 566 g/mol. The Bertz CT molecular complexity index is 1140. The van der Waals surface area contributed by atoms with Gasteiger partial charge in [-0.15, -0.1) is 0 Å². The highest BCUT2D eigenvalue weighted by Gasteiger charge is 2.60. The molecule has 214 valence electrons. The molecule has 1 aromatic heterocycles. The summed E-state index contributed by atoms with van der Waals surface area (Å²) in [7, 11) is -5.31. The average molecular weight is 567 g/mol. The van der Waals surface area contributed by atoms with Gasteiger partial charge in [-0.2, -0.15) is 5.10 Å². The Hall–Kier alpha value is -1.52. The summed E-state index contributed by atoms with van der Waals surface area (Å²) >= 11 is 0. The van der Waals surface area contributed by atoms with Crippen molar-refractivity contribution in [3.05, 3.63) is 17.0 Å². The van der Waals surface area contributed by atoms with Crippen molar-refractivity contribution in [3.8, 4) is 0 Å². The minimum absolute atomic E-state index is 0.0911. The zero-order chi connectivity index (χ0) is 28.0. The van der Waals surface area contributed by atoms with Gasteiger partial charge in [-0.05, 0) is 68.5 Å². The minimum Gasteiger partial charge on any atom is -0.461 e. The molecule has 0 aromatic carbocycles. The van der Waals surface area contributed by atoms with E-state index in [0.29, 0.717) is 73.1 Å². The first-order chi connectivity index (χ1) is 17.8. The minimum atomic E-state index is -3.20. The normalized spacial score (nSPS) is 21.3. The lowest BCUT2D eigenvalue weighted by atomic mass is 9.82. The molecule has 1 heterocycles. The number of nitrogens with zero attached hydrogens (tertiary/aromatic N) is 2. The molecule has 10 heteroatoms. The third kappa shape index (κ3) is 5.05. The number of fused-ring (bicyclic) bond motifs is 1. The topological polar surface area (TPSA) is 105 Å². The molecule has 38 heavy (non-hydrogen) atoms. The number of esters is 1. The van der Waals surface area contributed by atoms with Gasteiger partial charge in [-0.3, -0.25) is 9.48 Å². The second-order valence-electron chi connectivity index (χ2n) is 12.5. The molecule has 3 aliphatic carbocycles. The van der Waals surface area contributed by atoms with Crippen molar-refractivity contribution in [1.82, 2.24) is 9.78 Å². The van der Waals surface area contributed by atoms with Crippen LogP contribution in [0.25, 0.3) is 0 Å². The summed E-state index contributed by atoms with van der Waals surface area (Å²) in [4.78, 5) is 26.7. The summed E-state index contributed by atoms with van der Waals surface area (Å²) in [5.74, 6) is -0.980. The number of rotatable bonds is 13. The number of carbonyl (C=O) groups excluding carboxylic acids is 2. The zero-order valence-corrected chi connectivity index (χ0v) is 26.0. The van der Waals surface area contributed by atoms with E-state index in [1.165, 1.54) is 0 Å². The van der Waals surface area contributed by atoms with E-state index in [0.717, 1.165) is 12.8 Å². The van der Waals surface area contributed by atoms with Crippen molar-refractivity contribution in [2.75, 3.05) is 13.2 Å². The Kier molecular flexibility index (Phi) is 8.38. The van der Waals surface area contributed by atoms with Gasteiger partial charge in [0.25, 0.3) is 0 Å². The highest BCUT2D eigenvalue weighted by Crippen LogP contribution is 2.54. The van der Waals surface area contributed by atoms with Gasteiger partial charge in [0.1, 0.15) is 5.69 Å². The quantitative estimate of drug-likeness (QED) is 0.229. The molecule has 1 unspecified atom stereocenters. The summed E-state index contributed by atoms with van der Waals surface area (Å²) < 4.78 is 39.2. The maximum absolute atomic E-state index is 13.9. The largest absolute Gasteiger partial charge is 0.461 e. The highest BCUT2D eigenvalue weighted by atomic mass is 32.2. The number of aromatic nitrogens is 2. The van der Waals surface area contributed by atoms with Crippen LogP contribution in [0.3, 0.4) is 0 Å². The van der Waals surface area contributed by atoms with Gasteiger partial charge in [0.15, 0.2) is 29.6 Å². The molecule has 4 rings (SSSR count). The maximum Gasteiger partial charge on any atom is 0.359 e. The third-order valence-corrected chi connectivity index (χ3v) is 18.5. The molecule has 0 N–H and O–H groups in total. The number of sulfone groups is 1. The van der Waals surface area contributed by atoms with E-state index in [9.17, 15) is 18.0 Å². The van der Waals surface area contributed by atoms with Gasteiger partial charge in [0.2, 0.25) is 0 Å². The van der Waals surface area contributed by atoms with Crippen molar-refractivity contribution in [2.45, 2.75) is 127 Å². The smallest absolute Gasteiger partial charge is 0.359 e. The predicted molar refractivity (Wildman–Crippen MR) is 150 cm³/mol. The van der Waals surface area contributed by atoms with Crippen LogP contribution in [-0.4, -0.2) is 61.5 Å². The SMILES string of the molecule is CCOC(=O)c1nn(CCO[Si](C(C)C)(C(C)C)C(C)C)c2c1CCC(CC1(S(=O)(=O)C3CC3)CC1)C2=O. The standard InChI is InChI=1S/C28H46N2O6SSi/c1-8-35-27(32)24-23-12-9-21(17-28(13-14-28)37(33,34)22-10-11-22)26(31)25(23)30(29-24)15-16-36-38(18(2)3,19(4)5)20(6)7/h18-22H,8-17H2,1-7H3. The van der Waals surface area contributed by atoms with E-state index in [1.54, 1.807) is 11.6 Å². The number of ether oxygens (including phenoxy) is 1. The molecule has 1 atom stereocenters. The molecule has 0 saturated heterocycles. The van der Waals surface area contributed by atoms with Crippen LogP contribution < -0.4 is 0 Å². The van der Waals surface area contributed by atoms with Crippen LogP contribution in [0, 0.1) is 5.92 Å². The lowest BCUT2D eigenvalue weighted by Crippen LogP contribution is -2.48. The maximum atomic E-state index is 13.9. The van der Waals surface area contributed by atoms with Gasteiger partial charge in [-0.1, -0.05) is 41.5 Å². The Morgan fingerprint density at radius 3 is 2.18 bits per heavy atom. The van der Waals surface area contributed by atoms with Crippen LogP contribution in [0.4, 0.5) is 0 Å². The Morgan fingerprint density at radius 2 is 1.68 bits per heavy atom. The molecule has 0 bridgehead atoms. The Labute approximate surface area is 229 Å². The van der Waals surface area contributed by atoms with E-state index in [2.05, 4.69) is 46.6 Å². The van der Waals surface area contributed by atoms with Gasteiger partial charge >= 0.3 is 5.97 Å². The molecule has 2 fully saturated rings. The molecular weight excluding hydrogens is 520 g/mol. The van der Waals surface area contributed by atoms with Crippen LogP contribution in [0.5, 0.6) is 0 Å². The van der Waals surface area contributed by atoms with E-state index in [4.69, 9.17) is 9.16 Å². The first-order valence-corrected chi connectivity index (χ1v) is 18.2. The summed E-state index contributed by atoms with van der Waals surface area (Å²) in [6.07, 6.45) is 4.22. The predicted octanol–water partition coefficient (Wildman–Crippen LogP) is 5.50. The van der Waals surface area contributed by atoms with Crippen molar-refractivity contribution in [3.63, 3.8) is 0 Å². The summed E-state index contributed by atoms with van der Waals surface area (Å²) in [6, 6.07) is 0. The van der Waals surface area contributed by atoms with Crippen molar-refractivity contribution >= 4 is 29.9 Å². The molecule has 0 spiro atoms. The van der Waals surface area contributed by atoms with Gasteiger partial charge in [0.05, 0.1) is 29.8 Å². The van der Waals surface area contributed by atoms with E-state index < -0.39 is 28.9 Å². The second kappa shape index (κ2) is 10.8. The number of hydrogen-bond donors (Lipinski definition) is 0. The fourth-order valence-corrected chi connectivity index (χ4v) is 15.1. The van der Waals surface area contributed by atoms with Crippen LogP contribution in [-0.2, 0) is 32.0 Å². The van der Waals surface area contributed by atoms with Crippen molar-refractivity contribution in [2.24, 2.45) is 5.92 Å². The van der Waals surface area contributed by atoms with Crippen molar-refractivity contribution in [1.29, 1.82) is 0 Å². The van der Waals surface area contributed by atoms with E-state index in [-0.39, 0.29) is 29.3 Å². The second-order valence-corrected chi connectivity index (χ2v) is 20.6. The fraction of sp³-hybridized carbons (Fsp3) is 0.821. The lowest BCUT2D eigenvalue weighted by molar-refractivity contribution is 0.0516. The summed E-state index contributed by atoms with van der Waals surface area (Å²) in [5, 5.41) is 4.37. The van der Waals surface area contributed by atoms with E-state index >= 15 is 0 Å². The molecule has 0 aliphatic heterocycles. The van der Waals surface area contributed by atoms with Gasteiger partial charge in [-0.25, -0.2) is 13.2 Å². The van der Waals surface area contributed by atoms with Crippen LogP contribution in [0.1, 0.15) is 114 Å². The number of ketones is 1. The highest BCUT2D eigenvalue weighted by molar-refractivity contribution is 7.94. The molecule has 3 aliphatic rings. The molecule has 0 amide bonds. The molecule has 8 nitrogen and oxygen atoms in total. The Balaban J connectivity index is 1.60. The number of hydrogen-bond acceptors (Lipinski definition) is 7. The van der Waals surface area contributed by atoms with Crippen molar-refractivity contribution < 1.29 is 27.2 Å². The summed E-state index contributed by atoms with van der Waals surface area (Å²) in [5.41, 5.74) is 2.58. The zero-order valence-electron chi connectivity index (χ0n) is 24.2. The molecule has 1 aromatic rings. The van der Waals surface area contributed by atoms with E-state index in [1.807, 2.05) is 0 Å². The number of carbonyl (C=O) groups is 2. The first-order valence-electron chi connectivity index (χ1n) is 14.5. The first kappa shape index (κ1) is 29.5. The van der Waals surface area contributed by atoms with Crippen LogP contribution >= 0.6 is 0 Å². The van der Waals surface area contributed by atoms with Gasteiger partial charge < -0.3 is 9.16 Å². The molecular formula is C28H46N2O6SSi. The molecule has 0 radical (unpaired) electrons. The molecule has 2 saturated carbocycles. The van der Waals surface area contributed by atoms with Crippen LogP contribution in [0.2, 0.25) is 16.6 Å². The number of Topliss-reactive ketones (excluding diaryl/α,β-unsaturated/α-hetero) is 1. The van der Waals surface area contributed by atoms with Crippen LogP contribution in [0.15, 0.2) is 0 Å². The third-order valence-electron chi connectivity index (χ3n) is 9.22. The average Bonchev–Trinajstić information content (AvgIpc) is 3.75. The summed E-state index contributed by atoms with van der Waals surface area (Å²) in [6.45, 7) is 16.2. The van der Waals surface area contributed by atoms with Gasteiger partial charge in [0, 0.05) is 11.5 Å². The lowest BCUT2D eigenvalue weighted by Gasteiger charge is -2.42.